The molecule has 1 amide bonds. The Kier molecular flexibility index (Phi) is 6.35. The number of hydrogen-bond acceptors (Lipinski definition) is 6. The SMILES string of the molecule is Cc1cc(Sc2ncccn2)ccc1NC(=O)C1CCCN1S(=O)(=O)c1ccccc1. The largest absolute Gasteiger partial charge is 0.324 e. The van der Waals surface area contributed by atoms with Crippen LogP contribution in [0.25, 0.3) is 0 Å². The van der Waals surface area contributed by atoms with Gasteiger partial charge in [-0.05, 0) is 73.5 Å². The molecule has 1 atom stereocenters. The number of carbonyl (C=O) groups excluding carboxylic acids is 1. The fraction of sp³-hybridized carbons (Fsp3) is 0.227. The smallest absolute Gasteiger partial charge is 0.243 e. The van der Waals surface area contributed by atoms with Crippen LogP contribution in [0.3, 0.4) is 0 Å². The normalized spacial score (nSPS) is 16.9. The van der Waals surface area contributed by atoms with Gasteiger partial charge in [0.05, 0.1) is 4.90 Å². The second kappa shape index (κ2) is 9.17. The maximum atomic E-state index is 13.0. The molecule has 31 heavy (non-hydrogen) atoms. The summed E-state index contributed by atoms with van der Waals surface area (Å²) in [4.78, 5) is 22.6. The number of anilines is 1. The first kappa shape index (κ1) is 21.5. The Balaban J connectivity index is 1.48. The van der Waals surface area contributed by atoms with Crippen molar-refractivity contribution in [3.63, 3.8) is 0 Å². The first-order valence-electron chi connectivity index (χ1n) is 9.88. The lowest BCUT2D eigenvalue weighted by atomic mass is 10.1. The molecule has 160 valence electrons. The minimum Gasteiger partial charge on any atom is -0.324 e. The van der Waals surface area contributed by atoms with Gasteiger partial charge in [-0.2, -0.15) is 4.31 Å². The maximum Gasteiger partial charge on any atom is 0.243 e. The summed E-state index contributed by atoms with van der Waals surface area (Å²) in [6.07, 6.45) is 4.52. The van der Waals surface area contributed by atoms with E-state index < -0.39 is 16.1 Å². The lowest BCUT2D eigenvalue weighted by Crippen LogP contribution is -2.43. The highest BCUT2D eigenvalue weighted by Gasteiger charge is 2.39. The van der Waals surface area contributed by atoms with E-state index in [0.29, 0.717) is 30.2 Å². The van der Waals surface area contributed by atoms with E-state index in [1.54, 1.807) is 48.8 Å². The molecule has 2 aromatic carbocycles. The van der Waals surface area contributed by atoms with Crippen LogP contribution in [0.1, 0.15) is 18.4 Å². The van der Waals surface area contributed by atoms with Crippen LogP contribution in [-0.2, 0) is 14.8 Å². The van der Waals surface area contributed by atoms with Gasteiger partial charge >= 0.3 is 0 Å². The van der Waals surface area contributed by atoms with Crippen LogP contribution < -0.4 is 5.32 Å². The van der Waals surface area contributed by atoms with Crippen molar-refractivity contribution in [2.45, 2.75) is 40.8 Å². The van der Waals surface area contributed by atoms with E-state index in [1.807, 2.05) is 25.1 Å². The average molecular weight is 455 g/mol. The second-order valence-corrected chi connectivity index (χ2v) is 10.1. The first-order valence-corrected chi connectivity index (χ1v) is 12.1. The molecule has 0 aliphatic carbocycles. The maximum absolute atomic E-state index is 13.0. The molecule has 0 radical (unpaired) electrons. The molecular formula is C22H22N4O3S2. The van der Waals surface area contributed by atoms with E-state index in [2.05, 4.69) is 15.3 Å². The molecular weight excluding hydrogens is 432 g/mol. The summed E-state index contributed by atoms with van der Waals surface area (Å²) < 4.78 is 27.3. The van der Waals surface area contributed by atoms with Gasteiger partial charge in [0.25, 0.3) is 0 Å². The van der Waals surface area contributed by atoms with Crippen molar-refractivity contribution in [1.82, 2.24) is 14.3 Å². The van der Waals surface area contributed by atoms with Gasteiger partial charge in [-0.1, -0.05) is 18.2 Å². The molecule has 1 fully saturated rings. The molecule has 4 rings (SSSR count). The number of aromatic nitrogens is 2. The van der Waals surface area contributed by atoms with Crippen molar-refractivity contribution in [2.24, 2.45) is 0 Å². The third-order valence-corrected chi connectivity index (χ3v) is 7.87. The molecule has 1 unspecified atom stereocenters. The molecule has 3 aromatic rings. The van der Waals surface area contributed by atoms with Gasteiger partial charge < -0.3 is 5.32 Å². The molecule has 0 bridgehead atoms. The highest BCUT2D eigenvalue weighted by atomic mass is 32.2. The number of rotatable bonds is 6. The van der Waals surface area contributed by atoms with Crippen LogP contribution in [0.5, 0.6) is 0 Å². The Bertz CT molecular complexity index is 1170. The van der Waals surface area contributed by atoms with Crippen LogP contribution in [-0.4, -0.2) is 41.2 Å². The van der Waals surface area contributed by atoms with Crippen molar-refractivity contribution in [3.8, 4) is 0 Å². The number of hydrogen-bond donors (Lipinski definition) is 1. The molecule has 1 saturated heterocycles. The minimum atomic E-state index is -3.72. The number of sulfonamides is 1. The standard InChI is InChI=1S/C22H22N4O3S2/c1-16-15-17(30-22-23-12-6-13-24-22)10-11-19(16)25-21(27)20-9-5-14-26(20)31(28,29)18-7-3-2-4-8-18/h2-4,6-8,10-13,15,20H,5,9,14H2,1H3,(H,25,27). The zero-order valence-electron chi connectivity index (χ0n) is 16.9. The van der Waals surface area contributed by atoms with E-state index >= 15 is 0 Å². The number of amides is 1. The molecule has 1 N–H and O–H groups in total. The highest BCUT2D eigenvalue weighted by Crippen LogP contribution is 2.30. The minimum absolute atomic E-state index is 0.204. The van der Waals surface area contributed by atoms with Crippen molar-refractivity contribution in [1.29, 1.82) is 0 Å². The number of carbonyl (C=O) groups is 1. The zero-order valence-corrected chi connectivity index (χ0v) is 18.6. The summed E-state index contributed by atoms with van der Waals surface area (Å²) in [6.45, 7) is 2.24. The molecule has 1 aromatic heterocycles. The third-order valence-electron chi connectivity index (χ3n) is 5.06. The molecule has 1 aliphatic rings. The Morgan fingerprint density at radius 3 is 2.55 bits per heavy atom. The van der Waals surface area contributed by atoms with E-state index in [0.717, 1.165) is 10.5 Å². The second-order valence-electron chi connectivity index (χ2n) is 7.19. The van der Waals surface area contributed by atoms with E-state index in [4.69, 9.17) is 0 Å². The summed E-state index contributed by atoms with van der Waals surface area (Å²) in [5, 5.41) is 3.56. The van der Waals surface area contributed by atoms with Crippen molar-refractivity contribution < 1.29 is 13.2 Å². The fourth-order valence-electron chi connectivity index (χ4n) is 3.52. The van der Waals surface area contributed by atoms with Gasteiger partial charge in [-0.15, -0.1) is 0 Å². The summed E-state index contributed by atoms with van der Waals surface area (Å²) in [5.74, 6) is -0.313. The van der Waals surface area contributed by atoms with Crippen LogP contribution >= 0.6 is 11.8 Å². The number of nitrogens with one attached hydrogen (secondary N) is 1. The molecule has 1 aliphatic heterocycles. The summed E-state index contributed by atoms with van der Waals surface area (Å²) in [5.41, 5.74) is 1.54. The van der Waals surface area contributed by atoms with E-state index in [1.165, 1.54) is 16.1 Å². The fourth-order valence-corrected chi connectivity index (χ4v) is 6.00. The Morgan fingerprint density at radius 1 is 1.10 bits per heavy atom. The van der Waals surface area contributed by atoms with Gasteiger partial charge in [0, 0.05) is 29.5 Å². The Morgan fingerprint density at radius 2 is 1.84 bits per heavy atom. The van der Waals surface area contributed by atoms with Crippen molar-refractivity contribution >= 4 is 33.4 Å². The molecule has 9 heteroatoms. The monoisotopic (exact) mass is 454 g/mol. The molecule has 0 spiro atoms. The van der Waals surface area contributed by atoms with E-state index in [9.17, 15) is 13.2 Å². The van der Waals surface area contributed by atoms with Crippen LogP contribution in [0.2, 0.25) is 0 Å². The number of benzene rings is 2. The van der Waals surface area contributed by atoms with E-state index in [-0.39, 0.29) is 10.8 Å². The number of nitrogens with zero attached hydrogens (tertiary/aromatic N) is 3. The van der Waals surface area contributed by atoms with Gasteiger partial charge in [-0.3, -0.25) is 4.79 Å². The third kappa shape index (κ3) is 4.79. The first-order chi connectivity index (χ1) is 14.9. The van der Waals surface area contributed by atoms with Crippen LogP contribution in [0.4, 0.5) is 5.69 Å². The summed E-state index contributed by atoms with van der Waals surface area (Å²) in [7, 11) is -3.72. The quantitative estimate of drug-likeness (QED) is 0.571. The summed E-state index contributed by atoms with van der Waals surface area (Å²) in [6, 6.07) is 14.9. The Hall–Kier alpha value is -2.75. The number of aryl methyl sites for hydroxylation is 1. The van der Waals surface area contributed by atoms with Gasteiger partial charge in [0.2, 0.25) is 15.9 Å². The lowest BCUT2D eigenvalue weighted by molar-refractivity contribution is -0.119. The predicted octanol–water partition coefficient (Wildman–Crippen LogP) is 3.73. The zero-order chi connectivity index (χ0) is 21.8. The van der Waals surface area contributed by atoms with Gasteiger partial charge in [-0.25, -0.2) is 18.4 Å². The summed E-state index contributed by atoms with van der Waals surface area (Å²) >= 11 is 1.43. The lowest BCUT2D eigenvalue weighted by Gasteiger charge is -2.23. The molecule has 0 saturated carbocycles. The Labute approximate surface area is 186 Å². The topological polar surface area (TPSA) is 92.3 Å². The molecule has 2 heterocycles. The predicted molar refractivity (Wildman–Crippen MR) is 119 cm³/mol. The van der Waals surface area contributed by atoms with Gasteiger partial charge in [0.1, 0.15) is 6.04 Å². The average Bonchev–Trinajstić information content (AvgIpc) is 3.28. The molecule has 7 nitrogen and oxygen atoms in total. The van der Waals surface area contributed by atoms with Gasteiger partial charge in [0.15, 0.2) is 5.16 Å². The van der Waals surface area contributed by atoms with Crippen LogP contribution in [0, 0.1) is 6.92 Å². The van der Waals surface area contributed by atoms with Crippen molar-refractivity contribution in [3.05, 3.63) is 72.6 Å². The van der Waals surface area contributed by atoms with Crippen molar-refractivity contribution in [2.75, 3.05) is 11.9 Å². The van der Waals surface area contributed by atoms with Crippen LogP contribution in [0.15, 0.2) is 81.9 Å². The highest BCUT2D eigenvalue weighted by molar-refractivity contribution is 7.99.